The second-order valence-electron chi connectivity index (χ2n) is 13.7. The summed E-state index contributed by atoms with van der Waals surface area (Å²) < 4.78 is 8.85. The van der Waals surface area contributed by atoms with Gasteiger partial charge in [0.1, 0.15) is 37.9 Å². The van der Waals surface area contributed by atoms with Crippen LogP contribution in [0.25, 0.3) is 0 Å². The van der Waals surface area contributed by atoms with E-state index in [0.29, 0.717) is 13.1 Å². The van der Waals surface area contributed by atoms with Crippen LogP contribution in [-0.2, 0) is 26.2 Å². The Bertz CT molecular complexity index is 823. The van der Waals surface area contributed by atoms with Crippen molar-refractivity contribution in [3.8, 4) is 0 Å². The molecule has 0 saturated carbocycles. The summed E-state index contributed by atoms with van der Waals surface area (Å²) in [5, 5.41) is 20.9. The minimum absolute atomic E-state index is 0.233. The summed E-state index contributed by atoms with van der Waals surface area (Å²) in [4.78, 5) is 0. The van der Waals surface area contributed by atoms with E-state index in [9.17, 15) is 10.2 Å². The third kappa shape index (κ3) is 20.4. The molecule has 2 atom stereocenters. The lowest BCUT2D eigenvalue weighted by Gasteiger charge is -2.08. The first-order chi connectivity index (χ1) is 21.6. The highest BCUT2D eigenvalue weighted by atomic mass is 16.3. The first-order valence-corrected chi connectivity index (χ1v) is 19.1. The van der Waals surface area contributed by atoms with Crippen molar-refractivity contribution in [1.82, 2.24) is 9.13 Å². The van der Waals surface area contributed by atoms with Gasteiger partial charge in [-0.2, -0.15) is 0 Å². The lowest BCUT2D eigenvalue weighted by Crippen LogP contribution is -2.38. The molecule has 0 bridgehead atoms. The van der Waals surface area contributed by atoms with Crippen LogP contribution >= 0.6 is 0 Å². The van der Waals surface area contributed by atoms with Crippen molar-refractivity contribution in [2.45, 2.75) is 206 Å². The zero-order chi connectivity index (χ0) is 31.5. The van der Waals surface area contributed by atoms with Gasteiger partial charge in [0.25, 0.3) is 0 Å². The molecule has 0 spiro atoms. The Hall–Kier alpha value is -1.66. The molecule has 2 unspecified atom stereocenters. The van der Waals surface area contributed by atoms with Crippen molar-refractivity contribution in [2.24, 2.45) is 0 Å². The molecule has 6 heteroatoms. The van der Waals surface area contributed by atoms with E-state index in [1.807, 2.05) is 0 Å². The van der Waals surface area contributed by atoms with Gasteiger partial charge in [0.05, 0.1) is 25.3 Å². The summed E-state index contributed by atoms with van der Waals surface area (Å²) in [5.74, 6) is 0. The molecule has 2 rings (SSSR count). The van der Waals surface area contributed by atoms with E-state index in [-0.39, 0.29) is 12.2 Å². The monoisotopic (exact) mass is 617 g/mol. The van der Waals surface area contributed by atoms with Crippen molar-refractivity contribution in [2.75, 3.05) is 0 Å². The predicted molar refractivity (Wildman–Crippen MR) is 183 cm³/mol. The maximum Gasteiger partial charge on any atom is 0.243 e. The lowest BCUT2D eigenvalue weighted by atomic mass is 10.1. The average molecular weight is 617 g/mol. The molecule has 0 aromatic carbocycles. The third-order valence-corrected chi connectivity index (χ3v) is 9.20. The fourth-order valence-corrected chi connectivity index (χ4v) is 6.35. The van der Waals surface area contributed by atoms with E-state index >= 15 is 0 Å². The quantitative estimate of drug-likeness (QED) is 0.0658. The van der Waals surface area contributed by atoms with E-state index in [1.54, 1.807) is 0 Å². The van der Waals surface area contributed by atoms with Crippen LogP contribution in [0.15, 0.2) is 37.4 Å². The van der Waals surface area contributed by atoms with E-state index in [4.69, 9.17) is 0 Å². The molecular weight excluding hydrogens is 544 g/mol. The Balaban J connectivity index is 1.41. The summed E-state index contributed by atoms with van der Waals surface area (Å²) in [6.45, 7) is 8.09. The number of nitrogens with zero attached hydrogens (tertiary/aromatic N) is 4. The fraction of sp³-hybridized carbons (Fsp3) is 0.842. The largest absolute Gasteiger partial charge is 0.389 e. The Morgan fingerprint density at radius 2 is 0.773 bits per heavy atom. The summed E-state index contributed by atoms with van der Waals surface area (Å²) in [6.07, 6.45) is 42.9. The predicted octanol–water partition coefficient (Wildman–Crippen LogP) is 8.69. The third-order valence-electron chi connectivity index (χ3n) is 9.20. The molecule has 0 aliphatic heterocycles. The van der Waals surface area contributed by atoms with Crippen molar-refractivity contribution < 1.29 is 19.3 Å². The number of aromatic nitrogens is 4. The summed E-state index contributed by atoms with van der Waals surface area (Å²) in [6, 6.07) is 0. The molecule has 0 aliphatic rings. The molecule has 2 heterocycles. The topological polar surface area (TPSA) is 58.1 Å². The Kier molecular flexibility index (Phi) is 23.2. The van der Waals surface area contributed by atoms with Gasteiger partial charge in [-0.3, -0.25) is 0 Å². The fourth-order valence-electron chi connectivity index (χ4n) is 6.35. The molecule has 0 fully saturated rings. The van der Waals surface area contributed by atoms with Gasteiger partial charge in [0.2, 0.25) is 12.7 Å². The van der Waals surface area contributed by atoms with Crippen LogP contribution in [0.3, 0.4) is 0 Å². The maximum atomic E-state index is 10.4. The minimum atomic E-state index is -0.233. The first kappa shape index (κ1) is 38.5. The van der Waals surface area contributed by atoms with Crippen LogP contribution in [0.1, 0.15) is 168 Å². The number of hydrogen-bond donors (Lipinski definition) is 2. The Morgan fingerprint density at radius 3 is 1.14 bits per heavy atom. The van der Waals surface area contributed by atoms with Gasteiger partial charge in [-0.25, -0.2) is 18.3 Å². The number of unbranched alkanes of at least 4 members (excludes halogenated alkanes) is 19. The van der Waals surface area contributed by atoms with Gasteiger partial charge in [0, 0.05) is 0 Å². The molecule has 2 aromatic heterocycles. The zero-order valence-corrected chi connectivity index (χ0v) is 29.1. The highest BCUT2D eigenvalue weighted by Gasteiger charge is 2.12. The van der Waals surface area contributed by atoms with Crippen LogP contribution in [0, 0.1) is 0 Å². The minimum Gasteiger partial charge on any atom is -0.389 e. The van der Waals surface area contributed by atoms with E-state index < -0.39 is 0 Å². The molecule has 254 valence electrons. The smallest absolute Gasteiger partial charge is 0.243 e. The van der Waals surface area contributed by atoms with Gasteiger partial charge in [-0.05, 0) is 38.5 Å². The average Bonchev–Trinajstić information content (AvgIpc) is 3.66. The van der Waals surface area contributed by atoms with Gasteiger partial charge in [-0.1, -0.05) is 129 Å². The van der Waals surface area contributed by atoms with Crippen molar-refractivity contribution >= 4 is 0 Å². The normalized spacial score (nSPS) is 13.1. The zero-order valence-electron chi connectivity index (χ0n) is 29.1. The standard InChI is InChI=1S/C38H72N4O2/c1-3-5-7-9-11-13-17-21-25-37(43)33-41-31-29-39(35-41)27-23-19-15-16-20-24-28-40-30-32-42(36-40)34-38(44)26-22-18-14-12-10-8-6-4-2/h29-32,35-38,43-44H,3-28,33-34H2,1-2H3/q+2. The number of rotatable bonds is 31. The van der Waals surface area contributed by atoms with Crippen LogP contribution in [0.4, 0.5) is 0 Å². The van der Waals surface area contributed by atoms with Gasteiger partial charge in [-0.15, -0.1) is 0 Å². The second-order valence-corrected chi connectivity index (χ2v) is 13.7. The summed E-state index contributed by atoms with van der Waals surface area (Å²) in [7, 11) is 0. The molecule has 0 radical (unpaired) electrons. The number of imidazole rings is 2. The molecule has 0 aliphatic carbocycles. The van der Waals surface area contributed by atoms with Gasteiger partial charge in [0.15, 0.2) is 0 Å². The highest BCUT2D eigenvalue weighted by molar-refractivity contribution is 4.68. The molecule has 2 N–H and O–H groups in total. The van der Waals surface area contributed by atoms with Crippen molar-refractivity contribution in [3.05, 3.63) is 37.4 Å². The molecule has 2 aromatic rings. The van der Waals surface area contributed by atoms with Crippen molar-refractivity contribution in [1.29, 1.82) is 0 Å². The lowest BCUT2D eigenvalue weighted by molar-refractivity contribution is -0.703. The molecule has 0 amide bonds. The van der Waals surface area contributed by atoms with E-state index in [2.05, 4.69) is 69.6 Å². The van der Waals surface area contributed by atoms with E-state index in [1.165, 1.54) is 128 Å². The van der Waals surface area contributed by atoms with E-state index in [0.717, 1.165) is 38.8 Å². The molecular formula is C38H72N4O2+2. The highest BCUT2D eigenvalue weighted by Crippen LogP contribution is 2.12. The molecule has 0 saturated heterocycles. The van der Waals surface area contributed by atoms with Crippen LogP contribution in [0.2, 0.25) is 0 Å². The summed E-state index contributed by atoms with van der Waals surface area (Å²) in [5.41, 5.74) is 0. The Morgan fingerprint density at radius 1 is 0.455 bits per heavy atom. The second kappa shape index (κ2) is 26.5. The summed E-state index contributed by atoms with van der Waals surface area (Å²) >= 11 is 0. The van der Waals surface area contributed by atoms with Crippen molar-refractivity contribution in [3.63, 3.8) is 0 Å². The molecule has 44 heavy (non-hydrogen) atoms. The molecule has 6 nitrogen and oxygen atoms in total. The SMILES string of the molecule is CCCCCCCCCCC(O)C[n+]1ccn(CCCCCCCCn2cc[n+](CC(O)CCCCCCCCCC)c2)c1. The number of hydrogen-bond acceptors (Lipinski definition) is 2. The van der Waals surface area contributed by atoms with Gasteiger partial charge < -0.3 is 10.2 Å². The number of aliphatic hydroxyl groups excluding tert-OH is 2. The van der Waals surface area contributed by atoms with Crippen LogP contribution < -0.4 is 9.13 Å². The Labute approximate surface area is 271 Å². The number of aliphatic hydroxyl groups is 2. The number of aryl methyl sites for hydroxylation is 2. The van der Waals surface area contributed by atoms with Crippen LogP contribution in [-0.4, -0.2) is 31.6 Å². The maximum absolute atomic E-state index is 10.4. The first-order valence-electron chi connectivity index (χ1n) is 19.1. The van der Waals surface area contributed by atoms with Gasteiger partial charge >= 0.3 is 0 Å². The van der Waals surface area contributed by atoms with Crippen LogP contribution in [0.5, 0.6) is 0 Å².